The minimum Gasteiger partial charge on any atom is -0.417 e. The van der Waals surface area contributed by atoms with Crippen LogP contribution in [0, 0.1) is 0 Å². The average Bonchev–Trinajstić information content (AvgIpc) is 2.61. The molecule has 2 heteroatoms. The summed E-state index contributed by atoms with van der Waals surface area (Å²) in [7, 11) is -1.35. The maximum absolute atomic E-state index is 6.18. The van der Waals surface area contributed by atoms with Gasteiger partial charge in [-0.15, -0.1) is 0 Å². The second-order valence-electron chi connectivity index (χ2n) is 7.67. The van der Waals surface area contributed by atoms with Crippen LogP contribution >= 0.6 is 0 Å². The highest BCUT2D eigenvalue weighted by Crippen LogP contribution is 2.25. The Morgan fingerprint density at radius 1 is 0.500 bits per heavy atom. The van der Waals surface area contributed by atoms with E-state index in [9.17, 15) is 0 Å². The Kier molecular flexibility index (Phi) is 18.1. The van der Waals surface area contributed by atoms with Crippen LogP contribution in [0.1, 0.15) is 118 Å². The summed E-state index contributed by atoms with van der Waals surface area (Å²) in [6.07, 6.45) is 20.3. The number of hydrogen-bond acceptors (Lipinski definition) is 1. The molecule has 0 fully saturated rings. The third-order valence-electron chi connectivity index (χ3n) is 5.73. The summed E-state index contributed by atoms with van der Waals surface area (Å²) < 4.78 is 6.18. The van der Waals surface area contributed by atoms with E-state index < -0.39 is 8.32 Å². The molecule has 0 aromatic carbocycles. The lowest BCUT2D eigenvalue weighted by atomic mass is 10.0. The maximum Gasteiger partial charge on any atom is 0.192 e. The highest BCUT2D eigenvalue weighted by Gasteiger charge is 2.29. The molecule has 0 heterocycles. The lowest BCUT2D eigenvalue weighted by Gasteiger charge is -2.28. The predicted molar refractivity (Wildman–Crippen MR) is 113 cm³/mol. The molecular weight excluding hydrogens is 308 g/mol. The van der Waals surface area contributed by atoms with Crippen LogP contribution in [0.25, 0.3) is 0 Å². The van der Waals surface area contributed by atoms with E-state index in [1.165, 1.54) is 108 Å². The molecule has 0 aliphatic carbocycles. The molecule has 0 saturated carbocycles. The minimum absolute atomic E-state index is 0.923. The Bertz CT molecular complexity index is 238. The van der Waals surface area contributed by atoms with E-state index in [2.05, 4.69) is 27.7 Å². The van der Waals surface area contributed by atoms with Crippen LogP contribution in [0.4, 0.5) is 0 Å². The van der Waals surface area contributed by atoms with Crippen molar-refractivity contribution in [3.05, 3.63) is 0 Å². The first-order chi connectivity index (χ1) is 11.7. The smallest absolute Gasteiger partial charge is 0.192 e. The van der Waals surface area contributed by atoms with Gasteiger partial charge in [-0.25, -0.2) is 0 Å². The van der Waals surface area contributed by atoms with Gasteiger partial charge in [-0.05, 0) is 25.1 Å². The van der Waals surface area contributed by atoms with E-state index in [0.717, 1.165) is 6.61 Å². The molecule has 0 saturated heterocycles. The summed E-state index contributed by atoms with van der Waals surface area (Å²) in [5, 5.41) is 0. The zero-order chi connectivity index (χ0) is 17.9. The molecular formula is C22H48OSi. The zero-order valence-electron chi connectivity index (χ0n) is 17.6. The van der Waals surface area contributed by atoms with Crippen LogP contribution in [0.2, 0.25) is 18.1 Å². The van der Waals surface area contributed by atoms with Crippen molar-refractivity contribution in [1.82, 2.24) is 0 Å². The standard InChI is InChI=1S/C22H48OSi/c1-5-9-10-11-12-13-14-15-16-17-18-19-20-21-22-24(7-3,8-4)23-6-2/h5-22H2,1-4H3. The first-order valence-corrected chi connectivity index (χ1v) is 13.9. The first-order valence-electron chi connectivity index (χ1n) is 11.4. The summed E-state index contributed by atoms with van der Waals surface area (Å²) in [4.78, 5) is 0. The van der Waals surface area contributed by atoms with E-state index >= 15 is 0 Å². The van der Waals surface area contributed by atoms with Crippen molar-refractivity contribution >= 4 is 8.32 Å². The molecule has 0 N–H and O–H groups in total. The van der Waals surface area contributed by atoms with Gasteiger partial charge >= 0.3 is 0 Å². The topological polar surface area (TPSA) is 9.23 Å². The molecule has 0 spiro atoms. The van der Waals surface area contributed by atoms with Crippen LogP contribution < -0.4 is 0 Å². The molecule has 1 nitrogen and oxygen atoms in total. The molecule has 0 aliphatic rings. The molecule has 0 aromatic heterocycles. The van der Waals surface area contributed by atoms with Crippen LogP contribution in [0.15, 0.2) is 0 Å². The number of rotatable bonds is 19. The molecule has 0 bridgehead atoms. The van der Waals surface area contributed by atoms with Crippen molar-refractivity contribution in [1.29, 1.82) is 0 Å². The Morgan fingerprint density at radius 3 is 1.21 bits per heavy atom. The van der Waals surface area contributed by atoms with Gasteiger partial charge in [0.2, 0.25) is 0 Å². The lowest BCUT2D eigenvalue weighted by molar-refractivity contribution is 0.318. The molecule has 0 atom stereocenters. The predicted octanol–water partition coefficient (Wildman–Crippen LogP) is 8.49. The SMILES string of the molecule is CCCCCCCCCCCCCCCC[Si](CC)(CC)OCC. The van der Waals surface area contributed by atoms with Crippen molar-refractivity contribution in [3.63, 3.8) is 0 Å². The number of unbranched alkanes of at least 4 members (excludes halogenated alkanes) is 13. The van der Waals surface area contributed by atoms with E-state index in [4.69, 9.17) is 4.43 Å². The highest BCUT2D eigenvalue weighted by atomic mass is 28.4. The minimum atomic E-state index is -1.35. The van der Waals surface area contributed by atoms with E-state index in [1.807, 2.05) is 0 Å². The van der Waals surface area contributed by atoms with E-state index in [1.54, 1.807) is 0 Å². The largest absolute Gasteiger partial charge is 0.417 e. The van der Waals surface area contributed by atoms with Crippen molar-refractivity contribution < 1.29 is 4.43 Å². The average molecular weight is 357 g/mol. The van der Waals surface area contributed by atoms with Crippen molar-refractivity contribution in [2.45, 2.75) is 136 Å². The number of hydrogen-bond donors (Lipinski definition) is 0. The van der Waals surface area contributed by atoms with Gasteiger partial charge < -0.3 is 4.43 Å². The van der Waals surface area contributed by atoms with Crippen molar-refractivity contribution in [2.75, 3.05) is 6.61 Å². The van der Waals surface area contributed by atoms with Gasteiger partial charge in [0.15, 0.2) is 8.32 Å². The normalized spacial score (nSPS) is 12.0. The van der Waals surface area contributed by atoms with Crippen LogP contribution in [0.3, 0.4) is 0 Å². The Morgan fingerprint density at radius 2 is 0.875 bits per heavy atom. The zero-order valence-corrected chi connectivity index (χ0v) is 18.6. The molecule has 0 amide bonds. The fraction of sp³-hybridized carbons (Fsp3) is 1.00. The molecule has 0 aliphatic heterocycles. The summed E-state index contributed by atoms with van der Waals surface area (Å²) in [6.45, 7) is 10.1. The van der Waals surface area contributed by atoms with Gasteiger partial charge in [-0.1, -0.05) is 111 Å². The quantitative estimate of drug-likeness (QED) is 0.166. The second kappa shape index (κ2) is 18.0. The van der Waals surface area contributed by atoms with Gasteiger partial charge in [0.05, 0.1) is 0 Å². The Labute approximate surface area is 155 Å². The fourth-order valence-corrected chi connectivity index (χ4v) is 7.09. The molecule has 146 valence electrons. The third kappa shape index (κ3) is 13.5. The maximum atomic E-state index is 6.18. The summed E-state index contributed by atoms with van der Waals surface area (Å²) in [5.41, 5.74) is 0. The van der Waals surface area contributed by atoms with Crippen LogP contribution in [-0.4, -0.2) is 14.9 Å². The van der Waals surface area contributed by atoms with Gasteiger partial charge in [0.1, 0.15) is 0 Å². The van der Waals surface area contributed by atoms with Crippen molar-refractivity contribution in [3.8, 4) is 0 Å². The van der Waals surface area contributed by atoms with E-state index in [0.29, 0.717) is 0 Å². The molecule has 0 unspecified atom stereocenters. The van der Waals surface area contributed by atoms with Crippen molar-refractivity contribution in [2.24, 2.45) is 0 Å². The van der Waals surface area contributed by atoms with E-state index in [-0.39, 0.29) is 0 Å². The van der Waals surface area contributed by atoms with Crippen LogP contribution in [0.5, 0.6) is 0 Å². The Hall–Kier alpha value is 0.177. The third-order valence-corrected chi connectivity index (χ3v) is 10.5. The van der Waals surface area contributed by atoms with Gasteiger partial charge in [-0.2, -0.15) is 0 Å². The highest BCUT2D eigenvalue weighted by molar-refractivity contribution is 6.73. The Balaban J connectivity index is 3.33. The van der Waals surface area contributed by atoms with Crippen LogP contribution in [-0.2, 0) is 4.43 Å². The second-order valence-corrected chi connectivity index (χ2v) is 12.2. The molecule has 24 heavy (non-hydrogen) atoms. The first kappa shape index (κ1) is 24.2. The fourth-order valence-electron chi connectivity index (χ4n) is 3.83. The monoisotopic (exact) mass is 356 g/mol. The molecule has 0 radical (unpaired) electrons. The molecule has 0 rings (SSSR count). The van der Waals surface area contributed by atoms with Gasteiger partial charge in [-0.3, -0.25) is 0 Å². The lowest BCUT2D eigenvalue weighted by Crippen LogP contribution is -2.36. The summed E-state index contributed by atoms with van der Waals surface area (Å²) in [6, 6.07) is 4.00. The summed E-state index contributed by atoms with van der Waals surface area (Å²) >= 11 is 0. The van der Waals surface area contributed by atoms with Gasteiger partial charge in [0, 0.05) is 6.61 Å². The summed E-state index contributed by atoms with van der Waals surface area (Å²) in [5.74, 6) is 0. The molecule has 0 aromatic rings. The van der Waals surface area contributed by atoms with Gasteiger partial charge in [0.25, 0.3) is 0 Å².